The van der Waals surface area contributed by atoms with E-state index in [1.54, 1.807) is 18.3 Å². The van der Waals surface area contributed by atoms with Crippen molar-refractivity contribution >= 4 is 29.1 Å². The van der Waals surface area contributed by atoms with Gasteiger partial charge in [0.15, 0.2) is 5.65 Å². The molecule has 0 saturated heterocycles. The number of pyridine rings is 1. The summed E-state index contributed by atoms with van der Waals surface area (Å²) in [6.45, 7) is 0.0579. The van der Waals surface area contributed by atoms with E-state index in [1.807, 2.05) is 0 Å². The summed E-state index contributed by atoms with van der Waals surface area (Å²) < 4.78 is 29.7. The molecule has 4 rings (SSSR count). The molecule has 4 N–H and O–H groups in total. The van der Waals surface area contributed by atoms with Gasteiger partial charge in [-0.2, -0.15) is 4.98 Å². The number of nitrogens with two attached hydrogens (primary N) is 1. The lowest BCUT2D eigenvalue weighted by molar-refractivity contribution is 0.0939. The second-order valence-corrected chi connectivity index (χ2v) is 7.49. The highest BCUT2D eigenvalue weighted by Gasteiger charge is 2.21. The van der Waals surface area contributed by atoms with Crippen LogP contribution >= 0.6 is 11.6 Å². The number of halogens is 3. The second-order valence-electron chi connectivity index (χ2n) is 7.08. The standard InChI is InChI=1S/C22H18ClF2N5O2/c23-16-6-5-15(13-8-10-30-18(11-13)28-22(26)29-30)20(25)19(16)21(32)27-9-7-17(31)12-1-3-14(24)4-2-12/h1-6,8,10-11,17,31H,7,9H2,(H2,26,29)(H,27,32)/t17-/m1/s1. The highest BCUT2D eigenvalue weighted by Crippen LogP contribution is 2.30. The monoisotopic (exact) mass is 457 g/mol. The molecule has 10 heteroatoms. The molecular formula is C22H18ClF2N5O2. The Morgan fingerprint density at radius 1 is 1.19 bits per heavy atom. The predicted octanol–water partition coefficient (Wildman–Crippen LogP) is 3.76. The van der Waals surface area contributed by atoms with Crippen molar-refractivity contribution in [3.63, 3.8) is 0 Å². The van der Waals surface area contributed by atoms with Gasteiger partial charge in [-0.3, -0.25) is 4.79 Å². The first-order valence-corrected chi connectivity index (χ1v) is 10.0. The van der Waals surface area contributed by atoms with Crippen LogP contribution in [0.2, 0.25) is 5.02 Å². The van der Waals surface area contributed by atoms with E-state index in [0.29, 0.717) is 16.8 Å². The lowest BCUT2D eigenvalue weighted by Crippen LogP contribution is -2.27. The molecule has 0 aliphatic heterocycles. The number of aliphatic hydroxyl groups is 1. The maximum absolute atomic E-state index is 15.3. The fraction of sp³-hybridized carbons (Fsp3) is 0.136. The Bertz CT molecular complexity index is 1290. The van der Waals surface area contributed by atoms with Gasteiger partial charge in [0.1, 0.15) is 11.6 Å². The molecule has 2 heterocycles. The van der Waals surface area contributed by atoms with Crippen LogP contribution in [0.5, 0.6) is 0 Å². The molecule has 0 radical (unpaired) electrons. The summed E-state index contributed by atoms with van der Waals surface area (Å²) in [6, 6.07) is 11.5. The number of hydrogen-bond acceptors (Lipinski definition) is 5. The Morgan fingerprint density at radius 2 is 1.94 bits per heavy atom. The van der Waals surface area contributed by atoms with E-state index < -0.39 is 23.6 Å². The molecule has 1 atom stereocenters. The van der Waals surface area contributed by atoms with Crippen LogP contribution in [0.25, 0.3) is 16.8 Å². The fourth-order valence-electron chi connectivity index (χ4n) is 3.31. The third-order valence-electron chi connectivity index (χ3n) is 4.94. The molecule has 4 aromatic rings. The van der Waals surface area contributed by atoms with Crippen molar-refractivity contribution in [3.05, 3.63) is 82.5 Å². The maximum atomic E-state index is 15.3. The lowest BCUT2D eigenvalue weighted by atomic mass is 10.0. The highest BCUT2D eigenvalue weighted by atomic mass is 35.5. The van der Waals surface area contributed by atoms with E-state index in [2.05, 4.69) is 15.4 Å². The van der Waals surface area contributed by atoms with Crippen LogP contribution < -0.4 is 11.1 Å². The molecule has 0 bridgehead atoms. The van der Waals surface area contributed by atoms with Gasteiger partial charge >= 0.3 is 0 Å². The Balaban J connectivity index is 1.51. The van der Waals surface area contributed by atoms with E-state index >= 15 is 4.39 Å². The molecule has 0 fully saturated rings. The number of aliphatic hydroxyl groups excluding tert-OH is 1. The van der Waals surface area contributed by atoms with Gasteiger partial charge in [-0.05, 0) is 53.9 Å². The van der Waals surface area contributed by atoms with E-state index in [9.17, 15) is 14.3 Å². The zero-order valence-corrected chi connectivity index (χ0v) is 17.4. The van der Waals surface area contributed by atoms with Crippen LogP contribution in [0, 0.1) is 11.6 Å². The number of carbonyl (C=O) groups excluding carboxylic acids is 1. The van der Waals surface area contributed by atoms with Crippen molar-refractivity contribution in [3.8, 4) is 11.1 Å². The number of rotatable bonds is 6. The van der Waals surface area contributed by atoms with Crippen molar-refractivity contribution in [2.24, 2.45) is 0 Å². The molecule has 0 aliphatic rings. The summed E-state index contributed by atoms with van der Waals surface area (Å²) >= 11 is 6.11. The first kappa shape index (κ1) is 21.7. The van der Waals surface area contributed by atoms with Crippen LogP contribution in [0.1, 0.15) is 28.4 Å². The summed E-state index contributed by atoms with van der Waals surface area (Å²) in [6.07, 6.45) is 0.824. The Kier molecular flexibility index (Phi) is 6.02. The van der Waals surface area contributed by atoms with Crippen LogP contribution in [-0.4, -0.2) is 32.2 Å². The van der Waals surface area contributed by atoms with Gasteiger partial charge in [-0.25, -0.2) is 13.3 Å². The minimum atomic E-state index is -0.912. The highest BCUT2D eigenvalue weighted by molar-refractivity contribution is 6.34. The number of nitrogen functional groups attached to an aromatic ring is 1. The Hall–Kier alpha value is -3.56. The number of fused-ring (bicyclic) bond motifs is 1. The molecule has 2 aromatic heterocycles. The normalized spacial score (nSPS) is 12.1. The zero-order chi connectivity index (χ0) is 22.8. The van der Waals surface area contributed by atoms with Crippen molar-refractivity contribution < 1.29 is 18.7 Å². The number of nitrogens with zero attached hydrogens (tertiary/aromatic N) is 3. The van der Waals surface area contributed by atoms with Crippen molar-refractivity contribution in [2.75, 3.05) is 12.3 Å². The van der Waals surface area contributed by atoms with E-state index in [4.69, 9.17) is 17.3 Å². The number of carbonyl (C=O) groups is 1. The molecule has 0 saturated carbocycles. The zero-order valence-electron chi connectivity index (χ0n) is 16.6. The second kappa shape index (κ2) is 8.89. The summed E-state index contributed by atoms with van der Waals surface area (Å²) in [4.78, 5) is 16.7. The number of nitrogens with one attached hydrogen (secondary N) is 1. The Labute approximate surface area is 186 Å². The first-order chi connectivity index (χ1) is 15.3. The average Bonchev–Trinajstić information content (AvgIpc) is 3.13. The fourth-order valence-corrected chi connectivity index (χ4v) is 3.54. The summed E-state index contributed by atoms with van der Waals surface area (Å²) in [5.74, 6) is -1.83. The molecule has 0 aliphatic carbocycles. The minimum absolute atomic E-state index is 0.0457. The van der Waals surface area contributed by atoms with Gasteiger partial charge in [0.05, 0.1) is 16.7 Å². The van der Waals surface area contributed by atoms with Gasteiger partial charge < -0.3 is 16.2 Å². The molecule has 2 aromatic carbocycles. The largest absolute Gasteiger partial charge is 0.388 e. The number of amides is 1. The van der Waals surface area contributed by atoms with Crippen molar-refractivity contribution in [1.82, 2.24) is 19.9 Å². The molecule has 7 nitrogen and oxygen atoms in total. The van der Waals surface area contributed by atoms with E-state index in [0.717, 1.165) is 0 Å². The third-order valence-corrected chi connectivity index (χ3v) is 5.26. The number of benzene rings is 2. The lowest BCUT2D eigenvalue weighted by Gasteiger charge is -2.14. The van der Waals surface area contributed by atoms with Gasteiger partial charge in [0, 0.05) is 18.3 Å². The summed E-state index contributed by atoms with van der Waals surface area (Å²) in [5, 5.41) is 16.7. The molecule has 32 heavy (non-hydrogen) atoms. The number of hydrogen-bond donors (Lipinski definition) is 3. The summed E-state index contributed by atoms with van der Waals surface area (Å²) in [7, 11) is 0. The van der Waals surface area contributed by atoms with Gasteiger partial charge in [-0.15, -0.1) is 5.10 Å². The van der Waals surface area contributed by atoms with E-state index in [1.165, 1.54) is 40.9 Å². The Morgan fingerprint density at radius 3 is 2.69 bits per heavy atom. The van der Waals surface area contributed by atoms with Crippen molar-refractivity contribution in [1.29, 1.82) is 0 Å². The first-order valence-electron chi connectivity index (χ1n) is 9.65. The molecule has 164 valence electrons. The van der Waals surface area contributed by atoms with Crippen LogP contribution in [0.4, 0.5) is 14.7 Å². The van der Waals surface area contributed by atoms with Crippen LogP contribution in [0.15, 0.2) is 54.7 Å². The smallest absolute Gasteiger partial charge is 0.255 e. The van der Waals surface area contributed by atoms with Crippen LogP contribution in [-0.2, 0) is 0 Å². The molecular weight excluding hydrogens is 440 g/mol. The topological polar surface area (TPSA) is 106 Å². The average molecular weight is 458 g/mol. The summed E-state index contributed by atoms with van der Waals surface area (Å²) in [5.41, 5.74) is 6.85. The number of aromatic nitrogens is 3. The van der Waals surface area contributed by atoms with Crippen LogP contribution in [0.3, 0.4) is 0 Å². The molecule has 0 unspecified atom stereocenters. The van der Waals surface area contributed by atoms with Gasteiger partial charge in [0.2, 0.25) is 5.95 Å². The van der Waals surface area contributed by atoms with Crippen molar-refractivity contribution in [2.45, 2.75) is 12.5 Å². The molecule has 1 amide bonds. The van der Waals surface area contributed by atoms with Gasteiger partial charge in [0.25, 0.3) is 5.91 Å². The van der Waals surface area contributed by atoms with E-state index in [-0.39, 0.29) is 35.1 Å². The number of anilines is 1. The minimum Gasteiger partial charge on any atom is -0.388 e. The predicted molar refractivity (Wildman–Crippen MR) is 116 cm³/mol. The third kappa shape index (κ3) is 4.39. The molecule has 0 spiro atoms. The van der Waals surface area contributed by atoms with Gasteiger partial charge in [-0.1, -0.05) is 23.7 Å². The SMILES string of the molecule is Nc1nc2cc(-c3ccc(Cl)c(C(=O)NCC[C@@H](O)c4ccc(F)cc4)c3F)ccn2n1. The quantitative estimate of drug-likeness (QED) is 0.409. The maximum Gasteiger partial charge on any atom is 0.255 e.